The lowest BCUT2D eigenvalue weighted by molar-refractivity contribution is 0.254. The Hall–Kier alpha value is -1.97. The Morgan fingerprint density at radius 1 is 1.40 bits per heavy atom. The fraction of sp³-hybridized carbons (Fsp3) is 0.438. The molecule has 1 aromatic heterocycles. The van der Waals surface area contributed by atoms with E-state index in [9.17, 15) is 4.79 Å². The van der Waals surface area contributed by atoms with Gasteiger partial charge in [-0.25, -0.2) is 4.79 Å². The van der Waals surface area contributed by atoms with Crippen LogP contribution in [0.5, 0.6) is 0 Å². The van der Waals surface area contributed by atoms with Crippen LogP contribution in [0.1, 0.15) is 46.3 Å². The van der Waals surface area contributed by atoms with Crippen molar-refractivity contribution in [2.45, 2.75) is 40.0 Å². The maximum atomic E-state index is 11.4. The Morgan fingerprint density at radius 3 is 2.70 bits per heavy atom. The molecule has 110 valence electrons. The van der Waals surface area contributed by atoms with Crippen LogP contribution in [-0.2, 0) is 6.42 Å². The van der Waals surface area contributed by atoms with Gasteiger partial charge in [-0.15, -0.1) is 0 Å². The van der Waals surface area contributed by atoms with E-state index in [-0.39, 0.29) is 7.46 Å². The minimum atomic E-state index is -0.368. The van der Waals surface area contributed by atoms with E-state index in [0.29, 0.717) is 12.5 Å². The number of primary amides is 1. The fourth-order valence-corrected chi connectivity index (χ4v) is 2.67. The van der Waals surface area contributed by atoms with Crippen molar-refractivity contribution in [1.29, 1.82) is 0 Å². The largest absolute Gasteiger partial charge is 0.358 e. The number of hydrogen-bond donors (Lipinski definition) is 2. The van der Waals surface area contributed by atoms with Crippen molar-refractivity contribution in [2.75, 3.05) is 11.4 Å². The molecule has 0 aliphatic carbocycles. The van der Waals surface area contributed by atoms with Crippen molar-refractivity contribution in [3.63, 3.8) is 0 Å². The lowest BCUT2D eigenvalue weighted by Gasteiger charge is -2.13. The Labute approximate surface area is 121 Å². The Bertz CT molecular complexity index is 634. The number of urea groups is 1. The number of aromatic amines is 1. The van der Waals surface area contributed by atoms with Crippen LogP contribution in [0.4, 0.5) is 10.5 Å². The van der Waals surface area contributed by atoms with Crippen molar-refractivity contribution in [3.05, 3.63) is 29.5 Å². The van der Waals surface area contributed by atoms with Gasteiger partial charge in [-0.3, -0.25) is 4.90 Å². The lowest BCUT2D eigenvalue weighted by Crippen LogP contribution is -2.33. The van der Waals surface area contributed by atoms with Crippen molar-refractivity contribution < 1.29 is 6.22 Å². The Balaban J connectivity index is 0.000000706. The van der Waals surface area contributed by atoms with Gasteiger partial charge in [0.25, 0.3) is 0 Å². The minimum Gasteiger partial charge on any atom is -0.358 e. The molecule has 0 spiro atoms. The van der Waals surface area contributed by atoms with Crippen LogP contribution in [0.25, 0.3) is 10.9 Å². The predicted octanol–water partition coefficient (Wildman–Crippen LogP) is 4.00. The number of amides is 2. The molecule has 0 saturated carbocycles. The molecule has 1 aromatic carbocycles. The summed E-state index contributed by atoms with van der Waals surface area (Å²) < 4.78 is 0. The summed E-state index contributed by atoms with van der Waals surface area (Å²) in [5, 5.41) is 1.22. The SMILES string of the molecule is CC.CC(C)c1cc2c3c(ccc2[nH]1)N(C(N)=O)CC3.[HH]. The summed E-state index contributed by atoms with van der Waals surface area (Å²) >= 11 is 0. The summed E-state index contributed by atoms with van der Waals surface area (Å²) in [4.78, 5) is 16.4. The van der Waals surface area contributed by atoms with Gasteiger partial charge >= 0.3 is 6.03 Å². The number of nitrogens with one attached hydrogen (secondary N) is 1. The molecule has 1 aliphatic heterocycles. The van der Waals surface area contributed by atoms with E-state index in [4.69, 9.17) is 5.73 Å². The van der Waals surface area contributed by atoms with Crippen LogP contribution in [0.2, 0.25) is 0 Å². The first-order valence-corrected chi connectivity index (χ1v) is 7.29. The molecule has 3 N–H and O–H groups in total. The van der Waals surface area contributed by atoms with Crippen LogP contribution in [0.15, 0.2) is 18.2 Å². The van der Waals surface area contributed by atoms with Crippen LogP contribution in [0.3, 0.4) is 0 Å². The average Bonchev–Trinajstić information content (AvgIpc) is 3.04. The highest BCUT2D eigenvalue weighted by Gasteiger charge is 2.25. The fourth-order valence-electron chi connectivity index (χ4n) is 2.67. The third kappa shape index (κ3) is 2.26. The maximum absolute atomic E-state index is 11.4. The van der Waals surface area contributed by atoms with E-state index in [1.807, 2.05) is 26.0 Å². The van der Waals surface area contributed by atoms with Gasteiger partial charge in [0.05, 0.1) is 0 Å². The molecule has 2 amide bonds. The number of nitrogens with two attached hydrogens (primary N) is 1. The van der Waals surface area contributed by atoms with Crippen molar-refractivity contribution in [3.8, 4) is 0 Å². The Morgan fingerprint density at radius 2 is 2.10 bits per heavy atom. The zero-order valence-corrected chi connectivity index (χ0v) is 12.7. The van der Waals surface area contributed by atoms with Gasteiger partial charge in [-0.1, -0.05) is 27.7 Å². The second kappa shape index (κ2) is 5.57. The smallest absolute Gasteiger partial charge is 0.319 e. The third-order valence-corrected chi connectivity index (χ3v) is 3.68. The molecule has 0 atom stereocenters. The number of anilines is 1. The number of hydrogen-bond acceptors (Lipinski definition) is 1. The maximum Gasteiger partial charge on any atom is 0.319 e. The van der Waals surface area contributed by atoms with Gasteiger partial charge in [0.2, 0.25) is 0 Å². The number of aromatic nitrogens is 1. The van der Waals surface area contributed by atoms with E-state index in [2.05, 4.69) is 24.9 Å². The molecule has 0 bridgehead atoms. The van der Waals surface area contributed by atoms with Crippen LogP contribution >= 0.6 is 0 Å². The van der Waals surface area contributed by atoms with Crippen molar-refractivity contribution in [2.24, 2.45) is 5.73 Å². The van der Waals surface area contributed by atoms with E-state index in [1.54, 1.807) is 4.90 Å². The first kappa shape index (κ1) is 14.4. The van der Waals surface area contributed by atoms with Gasteiger partial charge in [0.1, 0.15) is 0 Å². The zero-order chi connectivity index (χ0) is 14.9. The second-order valence-corrected chi connectivity index (χ2v) is 5.14. The second-order valence-electron chi connectivity index (χ2n) is 5.14. The van der Waals surface area contributed by atoms with Crippen molar-refractivity contribution in [1.82, 2.24) is 4.98 Å². The summed E-state index contributed by atoms with van der Waals surface area (Å²) in [6, 6.07) is 5.84. The first-order valence-electron chi connectivity index (χ1n) is 7.29. The third-order valence-electron chi connectivity index (χ3n) is 3.68. The molecule has 0 saturated heterocycles. The van der Waals surface area contributed by atoms with Gasteiger partial charge in [-0.2, -0.15) is 0 Å². The lowest BCUT2D eigenvalue weighted by atomic mass is 10.1. The summed E-state index contributed by atoms with van der Waals surface area (Å²) in [7, 11) is 0. The van der Waals surface area contributed by atoms with E-state index in [1.165, 1.54) is 16.6 Å². The molecule has 4 nitrogen and oxygen atoms in total. The standard InChI is InChI=1S/C14H17N3O.C2H6.H2/c1-8(2)12-7-10-9-5-6-17(14(15)18)13(9)4-3-11(10)16-12;1-2;/h3-4,7-8,16H,5-6H2,1-2H3,(H2,15,18);1-2H3;1H. The first-order chi connectivity index (χ1) is 9.58. The normalized spacial score (nSPS) is 13.3. The van der Waals surface area contributed by atoms with Crippen LogP contribution in [0, 0.1) is 0 Å². The highest BCUT2D eigenvalue weighted by atomic mass is 16.2. The number of carbonyl (C=O) groups excluding carboxylic acids is 1. The molecular formula is C16H25N3O. The van der Waals surface area contributed by atoms with Gasteiger partial charge in [0, 0.05) is 30.3 Å². The van der Waals surface area contributed by atoms with Gasteiger partial charge in [-0.05, 0) is 36.1 Å². The Kier molecular flexibility index (Phi) is 4.02. The molecule has 0 fully saturated rings. The average molecular weight is 275 g/mol. The van der Waals surface area contributed by atoms with Crippen LogP contribution < -0.4 is 10.6 Å². The molecule has 1 aliphatic rings. The van der Waals surface area contributed by atoms with Crippen LogP contribution in [-0.4, -0.2) is 17.6 Å². The summed E-state index contributed by atoms with van der Waals surface area (Å²) in [5.74, 6) is 0.474. The molecule has 0 unspecified atom stereocenters. The number of carbonyl (C=O) groups is 1. The quantitative estimate of drug-likeness (QED) is 0.811. The minimum absolute atomic E-state index is 0. The van der Waals surface area contributed by atoms with Gasteiger partial charge in [0.15, 0.2) is 0 Å². The molecule has 2 aromatic rings. The summed E-state index contributed by atoms with van der Waals surface area (Å²) in [6.07, 6.45) is 0.880. The number of H-pyrrole nitrogens is 1. The number of nitrogens with zero attached hydrogens (tertiary/aromatic N) is 1. The monoisotopic (exact) mass is 275 g/mol. The molecular weight excluding hydrogens is 250 g/mol. The predicted molar refractivity (Wildman–Crippen MR) is 86.5 cm³/mol. The van der Waals surface area contributed by atoms with E-state index >= 15 is 0 Å². The number of benzene rings is 1. The van der Waals surface area contributed by atoms with E-state index in [0.717, 1.165) is 17.6 Å². The van der Waals surface area contributed by atoms with E-state index < -0.39 is 0 Å². The highest BCUT2D eigenvalue weighted by Crippen LogP contribution is 2.35. The summed E-state index contributed by atoms with van der Waals surface area (Å²) in [5.41, 5.74) is 9.96. The molecule has 4 heteroatoms. The number of fused-ring (bicyclic) bond motifs is 3. The number of rotatable bonds is 1. The molecule has 3 rings (SSSR count). The molecule has 20 heavy (non-hydrogen) atoms. The highest BCUT2D eigenvalue weighted by molar-refractivity contribution is 5.99. The zero-order valence-electron chi connectivity index (χ0n) is 12.7. The van der Waals surface area contributed by atoms with Crippen molar-refractivity contribution >= 4 is 22.6 Å². The molecule has 2 heterocycles. The summed E-state index contributed by atoms with van der Waals surface area (Å²) in [6.45, 7) is 9.02. The van der Waals surface area contributed by atoms with Gasteiger partial charge < -0.3 is 10.7 Å². The topological polar surface area (TPSA) is 62.1 Å². The molecule has 0 radical (unpaired) electrons.